The van der Waals surface area contributed by atoms with Gasteiger partial charge in [-0.3, -0.25) is 9.78 Å². The fourth-order valence-electron chi connectivity index (χ4n) is 2.08. The molecule has 84 valence electrons. The topological polar surface area (TPSA) is 45.7 Å². The molecule has 1 aromatic heterocycles. The van der Waals surface area contributed by atoms with Gasteiger partial charge in [-0.1, -0.05) is 0 Å². The van der Waals surface area contributed by atoms with Gasteiger partial charge < -0.3 is 9.64 Å². The Hall–Kier alpha value is -1.49. The monoisotopic (exact) mass is 222 g/mol. The average Bonchev–Trinajstić information content (AvgIpc) is 3.06. The largest absolute Gasteiger partial charge is 0.368 e. The Labute approximate surface area is 92.0 Å². The van der Waals surface area contributed by atoms with Gasteiger partial charge in [0.25, 0.3) is 5.91 Å². The van der Waals surface area contributed by atoms with Gasteiger partial charge in [-0.2, -0.15) is 0 Å². The second kappa shape index (κ2) is 3.52. The molecule has 1 amide bonds. The van der Waals surface area contributed by atoms with E-state index in [9.17, 15) is 9.18 Å². The van der Waals surface area contributed by atoms with Gasteiger partial charge in [0, 0.05) is 19.3 Å². The van der Waals surface area contributed by atoms with Crippen LogP contribution >= 0.6 is 0 Å². The molecule has 16 heavy (non-hydrogen) atoms. The normalized spacial score (nSPS) is 27.4. The molecule has 0 bridgehead atoms. The number of ether oxygens (including phenoxy) is 1. The van der Waals surface area contributed by atoms with Gasteiger partial charge in [0.05, 0.1) is 17.9 Å². The summed E-state index contributed by atoms with van der Waals surface area (Å²) in [5.74, 6) is -0.649. The highest BCUT2D eigenvalue weighted by atomic mass is 19.1. The number of amides is 1. The van der Waals surface area contributed by atoms with Crippen molar-refractivity contribution in [2.75, 3.05) is 13.1 Å². The number of hydrogen-bond acceptors (Lipinski definition) is 3. The predicted octanol–water partition coefficient (Wildman–Crippen LogP) is 0.834. The lowest BCUT2D eigenvalue weighted by molar-refractivity contribution is 0.0735. The molecule has 2 fully saturated rings. The van der Waals surface area contributed by atoms with Crippen LogP contribution in [0.15, 0.2) is 18.5 Å². The summed E-state index contributed by atoms with van der Waals surface area (Å²) in [4.78, 5) is 17.4. The highest BCUT2D eigenvalue weighted by Crippen LogP contribution is 2.31. The molecule has 0 saturated carbocycles. The Morgan fingerprint density at radius 2 is 2.38 bits per heavy atom. The zero-order valence-electron chi connectivity index (χ0n) is 8.60. The van der Waals surface area contributed by atoms with Gasteiger partial charge >= 0.3 is 0 Å². The zero-order chi connectivity index (χ0) is 11.1. The summed E-state index contributed by atoms with van der Waals surface area (Å²) in [6.07, 6.45) is 3.89. The molecule has 1 aromatic rings. The number of fused-ring (bicyclic) bond motifs is 1. The maximum Gasteiger partial charge on any atom is 0.255 e. The molecule has 3 heterocycles. The van der Waals surface area contributed by atoms with Crippen molar-refractivity contribution in [3.8, 4) is 0 Å². The number of epoxide rings is 1. The van der Waals surface area contributed by atoms with Crippen LogP contribution in [0.2, 0.25) is 0 Å². The Morgan fingerprint density at radius 3 is 3.12 bits per heavy atom. The molecule has 0 N–H and O–H groups in total. The first-order valence-corrected chi connectivity index (χ1v) is 5.29. The van der Waals surface area contributed by atoms with Crippen molar-refractivity contribution in [1.29, 1.82) is 0 Å². The molecule has 2 saturated heterocycles. The Morgan fingerprint density at radius 1 is 1.50 bits per heavy atom. The van der Waals surface area contributed by atoms with E-state index in [4.69, 9.17) is 4.74 Å². The van der Waals surface area contributed by atoms with Crippen LogP contribution in [0.5, 0.6) is 0 Å². The van der Waals surface area contributed by atoms with Crippen molar-refractivity contribution >= 4 is 5.91 Å². The second-order valence-corrected chi connectivity index (χ2v) is 4.14. The number of carbonyl (C=O) groups is 1. The van der Waals surface area contributed by atoms with Crippen LogP contribution in [-0.2, 0) is 4.74 Å². The quantitative estimate of drug-likeness (QED) is 0.661. The molecule has 5 heteroatoms. The fraction of sp³-hybridized carbons (Fsp3) is 0.455. The van der Waals surface area contributed by atoms with E-state index in [-0.39, 0.29) is 12.0 Å². The van der Waals surface area contributed by atoms with Crippen molar-refractivity contribution in [3.63, 3.8) is 0 Å². The van der Waals surface area contributed by atoms with E-state index in [1.807, 2.05) is 0 Å². The number of carbonyl (C=O) groups excluding carboxylic acids is 1. The first-order chi connectivity index (χ1) is 7.74. The third-order valence-corrected chi connectivity index (χ3v) is 3.01. The molecule has 2 aliphatic heterocycles. The third-order valence-electron chi connectivity index (χ3n) is 3.01. The number of nitrogens with zero attached hydrogens (tertiary/aromatic N) is 2. The maximum atomic E-state index is 12.9. The third kappa shape index (κ3) is 1.67. The number of aromatic nitrogens is 1. The van der Waals surface area contributed by atoms with E-state index in [2.05, 4.69) is 4.98 Å². The summed E-state index contributed by atoms with van der Waals surface area (Å²) in [5.41, 5.74) is 0.305. The minimum absolute atomic E-state index is 0.166. The summed E-state index contributed by atoms with van der Waals surface area (Å²) in [7, 11) is 0. The lowest BCUT2D eigenvalue weighted by atomic mass is 10.1. The van der Waals surface area contributed by atoms with Crippen LogP contribution in [0.3, 0.4) is 0 Å². The van der Waals surface area contributed by atoms with Gasteiger partial charge in [0.1, 0.15) is 11.9 Å². The summed E-state index contributed by atoms with van der Waals surface area (Å²) in [6, 6.07) is 1.22. The molecule has 3 rings (SSSR count). The molecule has 0 unspecified atom stereocenters. The maximum absolute atomic E-state index is 12.9. The van der Waals surface area contributed by atoms with Gasteiger partial charge in [-0.05, 0) is 12.5 Å². The van der Waals surface area contributed by atoms with Crippen LogP contribution in [0.4, 0.5) is 4.39 Å². The molecular weight excluding hydrogens is 211 g/mol. The molecule has 2 atom stereocenters. The van der Waals surface area contributed by atoms with E-state index in [1.54, 1.807) is 4.90 Å². The van der Waals surface area contributed by atoms with Crippen molar-refractivity contribution in [3.05, 3.63) is 29.8 Å². The predicted molar refractivity (Wildman–Crippen MR) is 53.4 cm³/mol. The first kappa shape index (κ1) is 9.72. The molecule has 0 radical (unpaired) electrons. The Kier molecular flexibility index (Phi) is 2.14. The summed E-state index contributed by atoms with van der Waals surface area (Å²) in [6.45, 7) is 1.29. The first-order valence-electron chi connectivity index (χ1n) is 5.29. The van der Waals surface area contributed by atoms with Crippen LogP contribution in [0, 0.1) is 5.82 Å². The van der Waals surface area contributed by atoms with E-state index in [1.165, 1.54) is 12.3 Å². The summed E-state index contributed by atoms with van der Waals surface area (Å²) < 4.78 is 18.3. The zero-order valence-corrected chi connectivity index (χ0v) is 8.60. The van der Waals surface area contributed by atoms with Gasteiger partial charge in [0.2, 0.25) is 0 Å². The van der Waals surface area contributed by atoms with Gasteiger partial charge in [-0.15, -0.1) is 0 Å². The summed E-state index contributed by atoms with van der Waals surface area (Å²) >= 11 is 0. The molecule has 0 aliphatic carbocycles. The van der Waals surface area contributed by atoms with Crippen molar-refractivity contribution < 1.29 is 13.9 Å². The van der Waals surface area contributed by atoms with Crippen LogP contribution < -0.4 is 0 Å². The van der Waals surface area contributed by atoms with Crippen molar-refractivity contribution in [2.24, 2.45) is 0 Å². The molecule has 0 spiro atoms. The molecule has 4 nitrogen and oxygen atoms in total. The Balaban J connectivity index is 1.76. The average molecular weight is 222 g/mol. The van der Waals surface area contributed by atoms with Crippen LogP contribution in [0.25, 0.3) is 0 Å². The van der Waals surface area contributed by atoms with E-state index < -0.39 is 5.82 Å². The highest BCUT2D eigenvalue weighted by Gasteiger charge is 2.44. The van der Waals surface area contributed by atoms with Gasteiger partial charge in [-0.25, -0.2) is 4.39 Å². The number of hydrogen-bond donors (Lipinski definition) is 0. The summed E-state index contributed by atoms with van der Waals surface area (Å²) in [5, 5.41) is 0. The standard InChI is InChI=1S/C11H11FN2O2/c12-8-3-7(4-13-5-8)11(15)14-2-1-9-10(6-14)16-9/h3-5,9-10H,1-2,6H2/t9-,10+/m1/s1. The van der Waals surface area contributed by atoms with Gasteiger partial charge in [0.15, 0.2) is 0 Å². The lowest BCUT2D eigenvalue weighted by Crippen LogP contribution is -2.39. The highest BCUT2D eigenvalue weighted by molar-refractivity contribution is 5.94. The van der Waals surface area contributed by atoms with E-state index in [0.717, 1.165) is 12.6 Å². The van der Waals surface area contributed by atoms with Crippen LogP contribution in [0.1, 0.15) is 16.8 Å². The minimum Gasteiger partial charge on any atom is -0.368 e. The van der Waals surface area contributed by atoms with Crippen LogP contribution in [-0.4, -0.2) is 41.1 Å². The molecule has 0 aromatic carbocycles. The molecule has 2 aliphatic rings. The lowest BCUT2D eigenvalue weighted by Gasteiger charge is -2.24. The number of rotatable bonds is 1. The number of piperidine rings is 1. The van der Waals surface area contributed by atoms with Crippen molar-refractivity contribution in [1.82, 2.24) is 9.88 Å². The Bertz CT molecular complexity index is 438. The number of pyridine rings is 1. The second-order valence-electron chi connectivity index (χ2n) is 4.14. The number of halogens is 1. The minimum atomic E-state index is -0.483. The smallest absolute Gasteiger partial charge is 0.255 e. The molecular formula is C11H11FN2O2. The number of likely N-dealkylation sites (tertiary alicyclic amines) is 1. The fourth-order valence-corrected chi connectivity index (χ4v) is 2.08. The van der Waals surface area contributed by atoms with E-state index in [0.29, 0.717) is 24.8 Å². The SMILES string of the molecule is O=C(c1cncc(F)c1)N1CC[C@H]2O[C@H]2C1. The van der Waals surface area contributed by atoms with Crippen molar-refractivity contribution in [2.45, 2.75) is 18.6 Å². The van der Waals surface area contributed by atoms with E-state index >= 15 is 0 Å².